The number of hydrogen-bond acceptors (Lipinski definition) is 4. The lowest BCUT2D eigenvalue weighted by Crippen LogP contribution is -2.42. The Morgan fingerprint density at radius 3 is 2.85 bits per heavy atom. The number of amides is 2. The van der Waals surface area contributed by atoms with E-state index in [0.717, 1.165) is 10.8 Å². The molecule has 0 unspecified atom stereocenters. The zero-order valence-electron chi connectivity index (χ0n) is 13.9. The van der Waals surface area contributed by atoms with E-state index in [1.165, 1.54) is 4.90 Å². The highest BCUT2D eigenvalue weighted by Crippen LogP contribution is 2.21. The van der Waals surface area contributed by atoms with Crippen molar-refractivity contribution >= 4 is 22.6 Å². The highest BCUT2D eigenvalue weighted by molar-refractivity contribution is 6.07. The van der Waals surface area contributed by atoms with E-state index in [4.69, 9.17) is 5.53 Å². The van der Waals surface area contributed by atoms with Crippen molar-refractivity contribution < 1.29 is 9.59 Å². The molecule has 130 valence electrons. The number of hydrogen-bond donors (Lipinski definition) is 1. The fraction of sp³-hybridized carbons (Fsp3) is 0.278. The maximum atomic E-state index is 12.5. The third-order valence-corrected chi connectivity index (χ3v) is 4.40. The number of azide groups is 1. The SMILES string of the molecule is N#C[C@@H]1C[C@@H](N=[N+]=[N-])CN1C(=O)CNC(=O)c1cccc2ccccc12. The minimum Gasteiger partial charge on any atom is -0.343 e. The van der Waals surface area contributed by atoms with Crippen molar-refractivity contribution in [2.45, 2.75) is 18.5 Å². The molecule has 0 radical (unpaired) electrons. The van der Waals surface area contributed by atoms with Crippen molar-refractivity contribution in [1.82, 2.24) is 10.2 Å². The second-order valence-electron chi connectivity index (χ2n) is 5.99. The molecule has 1 heterocycles. The maximum absolute atomic E-state index is 12.5. The molecule has 1 aliphatic heterocycles. The molecule has 2 aromatic carbocycles. The van der Waals surface area contributed by atoms with E-state index in [1.807, 2.05) is 36.4 Å². The molecule has 8 nitrogen and oxygen atoms in total. The van der Waals surface area contributed by atoms with Gasteiger partial charge in [-0.25, -0.2) is 0 Å². The van der Waals surface area contributed by atoms with Crippen LogP contribution in [0.4, 0.5) is 0 Å². The molecule has 1 aliphatic rings. The van der Waals surface area contributed by atoms with Crippen molar-refractivity contribution in [3.63, 3.8) is 0 Å². The smallest absolute Gasteiger partial charge is 0.252 e. The number of nitrogens with zero attached hydrogens (tertiary/aromatic N) is 5. The standard InChI is InChI=1S/C18H16N6O2/c19-9-14-8-13(22-23-20)11-24(14)17(25)10-21-18(26)16-7-3-5-12-4-1-2-6-15(12)16/h1-7,13-14H,8,10-11H2,(H,21,26)/t13-,14+/m1/s1. The van der Waals surface area contributed by atoms with E-state index in [1.54, 1.807) is 12.1 Å². The number of carbonyl (C=O) groups is 2. The molecule has 2 amide bonds. The predicted molar refractivity (Wildman–Crippen MR) is 94.9 cm³/mol. The first-order chi connectivity index (χ1) is 12.6. The largest absolute Gasteiger partial charge is 0.343 e. The van der Waals surface area contributed by atoms with Crippen LogP contribution in [0.5, 0.6) is 0 Å². The first-order valence-electron chi connectivity index (χ1n) is 8.13. The number of nitrogens with one attached hydrogen (secondary N) is 1. The minimum absolute atomic E-state index is 0.186. The number of fused-ring (bicyclic) bond motifs is 1. The van der Waals surface area contributed by atoms with Crippen LogP contribution < -0.4 is 5.32 Å². The van der Waals surface area contributed by atoms with Crippen LogP contribution >= 0.6 is 0 Å². The quantitative estimate of drug-likeness (QED) is 0.518. The summed E-state index contributed by atoms with van der Waals surface area (Å²) in [6, 6.07) is 13.9. The molecule has 1 saturated heterocycles. The van der Waals surface area contributed by atoms with Gasteiger partial charge in [0, 0.05) is 17.0 Å². The average molecular weight is 348 g/mol. The van der Waals surface area contributed by atoms with Gasteiger partial charge >= 0.3 is 0 Å². The Labute approximate surface area is 149 Å². The number of carbonyl (C=O) groups excluding carboxylic acids is 2. The summed E-state index contributed by atoms with van der Waals surface area (Å²) in [5, 5.41) is 17.1. The van der Waals surface area contributed by atoms with Crippen molar-refractivity contribution in [2.24, 2.45) is 5.11 Å². The Kier molecular flexibility index (Phi) is 5.02. The number of rotatable bonds is 4. The summed E-state index contributed by atoms with van der Waals surface area (Å²) in [7, 11) is 0. The summed E-state index contributed by atoms with van der Waals surface area (Å²) in [6.07, 6.45) is 0.309. The Bertz CT molecular complexity index is 939. The van der Waals surface area contributed by atoms with Gasteiger partial charge in [0.2, 0.25) is 5.91 Å². The summed E-state index contributed by atoms with van der Waals surface area (Å²) >= 11 is 0. The van der Waals surface area contributed by atoms with Crippen LogP contribution in [-0.4, -0.2) is 41.9 Å². The Balaban J connectivity index is 1.68. The average Bonchev–Trinajstić information content (AvgIpc) is 3.08. The molecule has 0 aromatic heterocycles. The van der Waals surface area contributed by atoms with E-state index in [9.17, 15) is 14.9 Å². The van der Waals surface area contributed by atoms with Gasteiger partial charge in [-0.3, -0.25) is 9.59 Å². The van der Waals surface area contributed by atoms with Gasteiger partial charge in [0.25, 0.3) is 5.91 Å². The third-order valence-electron chi connectivity index (χ3n) is 4.40. The molecule has 1 fully saturated rings. The molecule has 0 saturated carbocycles. The van der Waals surface area contributed by atoms with Crippen molar-refractivity contribution in [3.05, 3.63) is 58.5 Å². The first-order valence-corrected chi connectivity index (χ1v) is 8.13. The monoisotopic (exact) mass is 348 g/mol. The highest BCUT2D eigenvalue weighted by atomic mass is 16.2. The van der Waals surface area contributed by atoms with Gasteiger partial charge in [-0.05, 0) is 28.8 Å². The molecule has 0 spiro atoms. The van der Waals surface area contributed by atoms with Crippen LogP contribution in [0, 0.1) is 11.3 Å². The van der Waals surface area contributed by atoms with Crippen LogP contribution in [0.1, 0.15) is 16.8 Å². The lowest BCUT2D eigenvalue weighted by Gasteiger charge is -2.19. The normalized spacial score (nSPS) is 18.8. The highest BCUT2D eigenvalue weighted by Gasteiger charge is 2.34. The van der Waals surface area contributed by atoms with Gasteiger partial charge in [0.05, 0.1) is 18.7 Å². The second kappa shape index (κ2) is 7.55. The molecule has 26 heavy (non-hydrogen) atoms. The molecule has 3 rings (SSSR count). The van der Waals surface area contributed by atoms with Gasteiger partial charge in [0.1, 0.15) is 6.04 Å². The van der Waals surface area contributed by atoms with Crippen molar-refractivity contribution in [1.29, 1.82) is 5.26 Å². The van der Waals surface area contributed by atoms with Crippen molar-refractivity contribution in [2.75, 3.05) is 13.1 Å². The summed E-state index contributed by atoms with van der Waals surface area (Å²) in [6.45, 7) is -0.0333. The molecule has 1 N–H and O–H groups in total. The van der Waals surface area contributed by atoms with Crippen LogP contribution in [0.15, 0.2) is 47.6 Å². The van der Waals surface area contributed by atoms with Crippen LogP contribution in [0.2, 0.25) is 0 Å². The lowest BCUT2D eigenvalue weighted by atomic mass is 10.0. The first kappa shape index (κ1) is 17.3. The lowest BCUT2D eigenvalue weighted by molar-refractivity contribution is -0.130. The fourth-order valence-electron chi connectivity index (χ4n) is 3.14. The topological polar surface area (TPSA) is 122 Å². The zero-order valence-corrected chi connectivity index (χ0v) is 13.9. The van der Waals surface area contributed by atoms with Crippen LogP contribution in [-0.2, 0) is 4.79 Å². The Hall–Kier alpha value is -3.56. The number of nitriles is 1. The molecular formula is C18H16N6O2. The molecule has 0 aliphatic carbocycles. The maximum Gasteiger partial charge on any atom is 0.252 e. The van der Waals surface area contributed by atoms with Gasteiger partial charge in [-0.15, -0.1) is 0 Å². The summed E-state index contributed by atoms with van der Waals surface area (Å²) < 4.78 is 0. The number of benzene rings is 2. The van der Waals surface area contributed by atoms with Crippen LogP contribution in [0.25, 0.3) is 21.2 Å². The van der Waals surface area contributed by atoms with Gasteiger partial charge in [-0.1, -0.05) is 41.5 Å². The Morgan fingerprint density at radius 1 is 1.31 bits per heavy atom. The number of likely N-dealkylation sites (tertiary alicyclic amines) is 1. The zero-order chi connectivity index (χ0) is 18.5. The molecule has 2 atom stereocenters. The Morgan fingerprint density at radius 2 is 2.08 bits per heavy atom. The van der Waals surface area contributed by atoms with E-state index in [-0.39, 0.29) is 24.9 Å². The van der Waals surface area contributed by atoms with Gasteiger partial charge in [-0.2, -0.15) is 5.26 Å². The van der Waals surface area contributed by atoms with Gasteiger partial charge in [0.15, 0.2) is 0 Å². The van der Waals surface area contributed by atoms with Crippen LogP contribution in [0.3, 0.4) is 0 Å². The fourth-order valence-corrected chi connectivity index (χ4v) is 3.14. The molecule has 2 aromatic rings. The summed E-state index contributed by atoms with van der Waals surface area (Å²) in [5.74, 6) is -0.727. The minimum atomic E-state index is -0.646. The third kappa shape index (κ3) is 3.43. The van der Waals surface area contributed by atoms with Crippen molar-refractivity contribution in [3.8, 4) is 6.07 Å². The predicted octanol–water partition coefficient (Wildman–Crippen LogP) is 2.37. The second-order valence-corrected chi connectivity index (χ2v) is 5.99. The summed E-state index contributed by atoms with van der Waals surface area (Å²) in [4.78, 5) is 29.0. The molecular weight excluding hydrogens is 332 g/mol. The molecule has 8 heteroatoms. The summed E-state index contributed by atoms with van der Waals surface area (Å²) in [5.41, 5.74) is 9.00. The van der Waals surface area contributed by atoms with E-state index in [0.29, 0.717) is 12.0 Å². The van der Waals surface area contributed by atoms with E-state index < -0.39 is 12.1 Å². The van der Waals surface area contributed by atoms with Gasteiger partial charge < -0.3 is 10.2 Å². The molecule has 0 bridgehead atoms. The van der Waals surface area contributed by atoms with E-state index >= 15 is 0 Å². The van der Waals surface area contributed by atoms with E-state index in [2.05, 4.69) is 15.3 Å².